The number of rotatable bonds is 4. The van der Waals surface area contributed by atoms with Crippen molar-refractivity contribution in [2.24, 2.45) is 5.73 Å². The Balaban J connectivity index is 2.37. The van der Waals surface area contributed by atoms with Crippen LogP contribution in [0.1, 0.15) is 29.2 Å². The number of benzene rings is 2. The molecule has 0 heterocycles. The van der Waals surface area contributed by atoms with Crippen molar-refractivity contribution in [2.45, 2.75) is 32.7 Å². The summed E-state index contributed by atoms with van der Waals surface area (Å²) >= 11 is 0. The molecule has 0 saturated carbocycles. The van der Waals surface area contributed by atoms with Crippen LogP contribution in [0, 0.1) is 13.8 Å². The molecule has 2 aromatic rings. The topological polar surface area (TPSA) is 35.2 Å². The Bertz CT molecular complexity index is 602. The van der Waals surface area contributed by atoms with Crippen LogP contribution in [-0.2, 0) is 12.0 Å². The summed E-state index contributed by atoms with van der Waals surface area (Å²) in [5.41, 5.74) is 11.0. The first kappa shape index (κ1) is 14.6. The van der Waals surface area contributed by atoms with E-state index in [1.165, 1.54) is 16.7 Å². The average Bonchev–Trinajstić information content (AvgIpc) is 2.41. The fourth-order valence-electron chi connectivity index (χ4n) is 2.69. The van der Waals surface area contributed by atoms with Crippen LogP contribution in [0.5, 0.6) is 5.75 Å². The van der Waals surface area contributed by atoms with Crippen LogP contribution in [0.2, 0.25) is 0 Å². The first-order valence-corrected chi connectivity index (χ1v) is 6.92. The predicted molar refractivity (Wildman–Crippen MR) is 84.2 cm³/mol. The van der Waals surface area contributed by atoms with Crippen LogP contribution < -0.4 is 10.5 Å². The van der Waals surface area contributed by atoms with E-state index >= 15 is 0 Å². The fourth-order valence-corrected chi connectivity index (χ4v) is 2.69. The van der Waals surface area contributed by atoms with E-state index in [1.54, 1.807) is 7.11 Å². The lowest BCUT2D eigenvalue weighted by Gasteiger charge is -2.28. The molecular formula is C18H23NO. The van der Waals surface area contributed by atoms with Gasteiger partial charge in [-0.1, -0.05) is 42.0 Å². The lowest BCUT2D eigenvalue weighted by atomic mass is 9.83. The van der Waals surface area contributed by atoms with Crippen LogP contribution in [0.4, 0.5) is 0 Å². The summed E-state index contributed by atoms with van der Waals surface area (Å²) in [6.45, 7) is 6.30. The summed E-state index contributed by atoms with van der Waals surface area (Å²) in [7, 11) is 1.70. The molecule has 2 aromatic carbocycles. The quantitative estimate of drug-likeness (QED) is 0.918. The molecule has 0 aliphatic heterocycles. The van der Waals surface area contributed by atoms with Gasteiger partial charge in [-0.3, -0.25) is 0 Å². The highest BCUT2D eigenvalue weighted by Gasteiger charge is 2.25. The summed E-state index contributed by atoms with van der Waals surface area (Å²) in [5.74, 6) is 0.898. The van der Waals surface area contributed by atoms with Crippen molar-refractivity contribution in [3.05, 3.63) is 64.7 Å². The maximum atomic E-state index is 6.61. The molecule has 2 heteroatoms. The predicted octanol–water partition coefficient (Wildman–Crippen LogP) is 3.73. The van der Waals surface area contributed by atoms with Crippen molar-refractivity contribution in [3.8, 4) is 5.75 Å². The molecule has 0 radical (unpaired) electrons. The zero-order valence-corrected chi connectivity index (χ0v) is 12.7. The Morgan fingerprint density at radius 1 is 1.10 bits per heavy atom. The molecule has 0 amide bonds. The van der Waals surface area contributed by atoms with Gasteiger partial charge < -0.3 is 10.5 Å². The van der Waals surface area contributed by atoms with Crippen LogP contribution in [0.25, 0.3) is 0 Å². The van der Waals surface area contributed by atoms with Crippen molar-refractivity contribution in [1.29, 1.82) is 0 Å². The van der Waals surface area contributed by atoms with Gasteiger partial charge in [-0.05, 0) is 49.9 Å². The second-order valence-electron chi connectivity index (χ2n) is 5.72. The maximum Gasteiger partial charge on any atom is 0.122 e. The summed E-state index contributed by atoms with van der Waals surface area (Å²) in [4.78, 5) is 0. The normalized spacial score (nSPS) is 13.8. The third-order valence-corrected chi connectivity index (χ3v) is 3.76. The highest BCUT2D eigenvalue weighted by Crippen LogP contribution is 2.30. The van der Waals surface area contributed by atoms with Gasteiger partial charge in [0.2, 0.25) is 0 Å². The second-order valence-corrected chi connectivity index (χ2v) is 5.72. The molecule has 0 bridgehead atoms. The number of ether oxygens (including phenoxy) is 1. The Morgan fingerprint density at radius 2 is 1.80 bits per heavy atom. The van der Waals surface area contributed by atoms with Gasteiger partial charge in [-0.15, -0.1) is 0 Å². The Morgan fingerprint density at radius 3 is 2.50 bits per heavy atom. The standard InChI is InChI=1S/C18H23NO/c1-13-9-10-14(2)16(11-13)18(3,19)12-15-7-5-6-8-17(15)20-4/h5-11H,12,19H2,1-4H3. The molecule has 1 unspecified atom stereocenters. The Labute approximate surface area is 121 Å². The largest absolute Gasteiger partial charge is 0.496 e. The number of hydrogen-bond acceptors (Lipinski definition) is 2. The minimum absolute atomic E-state index is 0.412. The van der Waals surface area contributed by atoms with Gasteiger partial charge in [0.15, 0.2) is 0 Å². The summed E-state index contributed by atoms with van der Waals surface area (Å²) in [5, 5.41) is 0. The van der Waals surface area contributed by atoms with E-state index in [9.17, 15) is 0 Å². The molecule has 0 aliphatic rings. The van der Waals surface area contributed by atoms with Crippen molar-refractivity contribution in [1.82, 2.24) is 0 Å². The van der Waals surface area contributed by atoms with E-state index in [1.807, 2.05) is 18.2 Å². The third kappa shape index (κ3) is 3.02. The number of aryl methyl sites for hydroxylation is 2. The molecule has 0 spiro atoms. The molecule has 2 nitrogen and oxygen atoms in total. The van der Waals surface area contributed by atoms with Crippen LogP contribution in [0.3, 0.4) is 0 Å². The minimum atomic E-state index is -0.412. The molecule has 0 aliphatic carbocycles. The SMILES string of the molecule is COc1ccccc1CC(C)(N)c1cc(C)ccc1C. The van der Waals surface area contributed by atoms with Crippen LogP contribution in [0.15, 0.2) is 42.5 Å². The molecule has 2 rings (SSSR count). The van der Waals surface area contributed by atoms with Gasteiger partial charge >= 0.3 is 0 Å². The fraction of sp³-hybridized carbons (Fsp3) is 0.333. The lowest BCUT2D eigenvalue weighted by molar-refractivity contribution is 0.399. The lowest BCUT2D eigenvalue weighted by Crippen LogP contribution is -2.36. The average molecular weight is 269 g/mol. The van der Waals surface area contributed by atoms with E-state index in [2.05, 4.69) is 45.0 Å². The molecule has 0 fully saturated rings. The molecule has 1 atom stereocenters. The van der Waals surface area contributed by atoms with Gasteiger partial charge in [0.1, 0.15) is 5.75 Å². The van der Waals surface area contributed by atoms with Gasteiger partial charge in [-0.25, -0.2) is 0 Å². The van der Waals surface area contributed by atoms with E-state index in [4.69, 9.17) is 10.5 Å². The first-order valence-electron chi connectivity index (χ1n) is 6.92. The van der Waals surface area contributed by atoms with E-state index < -0.39 is 5.54 Å². The number of para-hydroxylation sites is 1. The van der Waals surface area contributed by atoms with Crippen molar-refractivity contribution < 1.29 is 4.74 Å². The van der Waals surface area contributed by atoms with Gasteiger partial charge in [0, 0.05) is 5.54 Å². The number of nitrogens with two attached hydrogens (primary N) is 1. The molecule has 106 valence electrons. The highest BCUT2D eigenvalue weighted by atomic mass is 16.5. The number of hydrogen-bond donors (Lipinski definition) is 1. The minimum Gasteiger partial charge on any atom is -0.496 e. The van der Waals surface area contributed by atoms with Crippen molar-refractivity contribution in [2.75, 3.05) is 7.11 Å². The highest BCUT2D eigenvalue weighted by molar-refractivity contribution is 5.40. The zero-order chi connectivity index (χ0) is 14.8. The van der Waals surface area contributed by atoms with Crippen LogP contribution >= 0.6 is 0 Å². The van der Waals surface area contributed by atoms with Crippen molar-refractivity contribution >= 4 is 0 Å². The van der Waals surface area contributed by atoms with Crippen LogP contribution in [-0.4, -0.2) is 7.11 Å². The second kappa shape index (κ2) is 5.68. The monoisotopic (exact) mass is 269 g/mol. The summed E-state index contributed by atoms with van der Waals surface area (Å²) < 4.78 is 5.43. The summed E-state index contributed by atoms with van der Waals surface area (Å²) in [6, 6.07) is 14.5. The number of methoxy groups -OCH3 is 1. The zero-order valence-electron chi connectivity index (χ0n) is 12.7. The maximum absolute atomic E-state index is 6.61. The molecule has 20 heavy (non-hydrogen) atoms. The van der Waals surface area contributed by atoms with Gasteiger partial charge in [0.25, 0.3) is 0 Å². The molecule has 2 N–H and O–H groups in total. The van der Waals surface area contributed by atoms with Crippen molar-refractivity contribution in [3.63, 3.8) is 0 Å². The molecule has 0 saturated heterocycles. The van der Waals surface area contributed by atoms with Gasteiger partial charge in [0.05, 0.1) is 7.11 Å². The molecule has 0 aromatic heterocycles. The third-order valence-electron chi connectivity index (χ3n) is 3.76. The smallest absolute Gasteiger partial charge is 0.122 e. The van der Waals surface area contributed by atoms with E-state index in [0.29, 0.717) is 0 Å². The summed E-state index contributed by atoms with van der Waals surface area (Å²) in [6.07, 6.45) is 0.751. The Hall–Kier alpha value is -1.80. The van der Waals surface area contributed by atoms with E-state index in [-0.39, 0.29) is 0 Å². The molecular weight excluding hydrogens is 246 g/mol. The van der Waals surface area contributed by atoms with Gasteiger partial charge in [-0.2, -0.15) is 0 Å². The first-order chi connectivity index (χ1) is 9.44. The Kier molecular flexibility index (Phi) is 4.15. The van der Waals surface area contributed by atoms with E-state index in [0.717, 1.165) is 17.7 Å².